The average molecular weight is 484 g/mol. The molecule has 2 atom stereocenters. The van der Waals surface area contributed by atoms with Gasteiger partial charge in [0.15, 0.2) is 6.10 Å². The van der Waals surface area contributed by atoms with Crippen molar-refractivity contribution < 1.29 is 9.53 Å². The van der Waals surface area contributed by atoms with Crippen LogP contribution < -0.4 is 5.32 Å². The molecule has 5 nitrogen and oxygen atoms in total. The fourth-order valence-electron chi connectivity index (χ4n) is 6.96. The van der Waals surface area contributed by atoms with E-state index in [1.807, 2.05) is 11.9 Å². The second-order valence-electron chi connectivity index (χ2n) is 11.5. The second kappa shape index (κ2) is 13.2. The first kappa shape index (κ1) is 26.6. The van der Waals surface area contributed by atoms with Gasteiger partial charge in [0, 0.05) is 32.3 Å². The van der Waals surface area contributed by atoms with Crippen molar-refractivity contribution in [3.05, 3.63) is 35.9 Å². The van der Waals surface area contributed by atoms with Gasteiger partial charge in [0.25, 0.3) is 5.91 Å². The summed E-state index contributed by atoms with van der Waals surface area (Å²) in [5.41, 5.74) is 1.90. The number of likely N-dealkylation sites (tertiary alicyclic amines) is 1. The first-order valence-corrected chi connectivity index (χ1v) is 14.4. The van der Waals surface area contributed by atoms with Crippen LogP contribution in [-0.2, 0) is 16.0 Å². The average Bonchev–Trinajstić information content (AvgIpc) is 3.46. The zero-order valence-corrected chi connectivity index (χ0v) is 22.4. The number of ether oxygens (including phenoxy) is 1. The molecule has 35 heavy (non-hydrogen) atoms. The van der Waals surface area contributed by atoms with Crippen molar-refractivity contribution in [2.24, 2.45) is 5.92 Å². The minimum absolute atomic E-state index is 0.143. The van der Waals surface area contributed by atoms with Gasteiger partial charge >= 0.3 is 0 Å². The van der Waals surface area contributed by atoms with Crippen molar-refractivity contribution in [3.8, 4) is 0 Å². The number of rotatable bonds is 11. The zero-order valence-electron chi connectivity index (χ0n) is 22.4. The highest BCUT2D eigenvalue weighted by atomic mass is 16.5. The lowest BCUT2D eigenvalue weighted by atomic mass is 9.71. The van der Waals surface area contributed by atoms with Crippen molar-refractivity contribution >= 4 is 5.91 Å². The van der Waals surface area contributed by atoms with Crippen LogP contribution in [-0.4, -0.2) is 73.7 Å². The van der Waals surface area contributed by atoms with E-state index in [1.54, 1.807) is 7.11 Å². The maximum atomic E-state index is 13.0. The van der Waals surface area contributed by atoms with Gasteiger partial charge in [-0.05, 0) is 108 Å². The van der Waals surface area contributed by atoms with E-state index >= 15 is 0 Å². The Morgan fingerprint density at radius 3 is 2.51 bits per heavy atom. The van der Waals surface area contributed by atoms with Gasteiger partial charge in [-0.2, -0.15) is 0 Å². The fraction of sp³-hybridized carbons (Fsp3) is 0.767. The molecule has 0 aromatic heterocycles. The number of methoxy groups -OCH3 is 1. The molecule has 0 bridgehead atoms. The summed E-state index contributed by atoms with van der Waals surface area (Å²) in [6.07, 6.45) is 16.0. The fourth-order valence-corrected chi connectivity index (χ4v) is 6.96. The minimum Gasteiger partial charge on any atom is -0.370 e. The summed E-state index contributed by atoms with van der Waals surface area (Å²) in [5, 5.41) is 3.49. The molecule has 3 aliphatic rings. The Morgan fingerprint density at radius 2 is 1.86 bits per heavy atom. The van der Waals surface area contributed by atoms with Crippen LogP contribution in [0, 0.1) is 5.92 Å². The molecular weight excluding hydrogens is 434 g/mol. The first-order valence-electron chi connectivity index (χ1n) is 14.4. The van der Waals surface area contributed by atoms with Crippen LogP contribution in [0.2, 0.25) is 0 Å². The number of carbonyl (C=O) groups is 1. The van der Waals surface area contributed by atoms with Gasteiger partial charge in [0.2, 0.25) is 0 Å². The number of carbonyl (C=O) groups excluding carboxylic acids is 1. The largest absolute Gasteiger partial charge is 0.370 e. The van der Waals surface area contributed by atoms with E-state index in [4.69, 9.17) is 4.74 Å². The van der Waals surface area contributed by atoms with Crippen molar-refractivity contribution in [3.63, 3.8) is 0 Å². The molecule has 2 aliphatic heterocycles. The van der Waals surface area contributed by atoms with Crippen LogP contribution >= 0.6 is 0 Å². The molecule has 1 aliphatic carbocycles. The predicted molar refractivity (Wildman–Crippen MR) is 144 cm³/mol. The van der Waals surface area contributed by atoms with E-state index in [1.165, 1.54) is 89.3 Å². The number of amides is 1. The predicted octanol–water partition coefficient (Wildman–Crippen LogP) is 5.04. The summed E-state index contributed by atoms with van der Waals surface area (Å²) in [4.78, 5) is 17.8. The molecule has 2 heterocycles. The second-order valence-corrected chi connectivity index (χ2v) is 11.5. The van der Waals surface area contributed by atoms with E-state index in [2.05, 4.69) is 40.5 Å². The van der Waals surface area contributed by atoms with E-state index in [9.17, 15) is 4.79 Å². The molecule has 1 aromatic carbocycles. The number of nitrogens with zero attached hydrogens (tertiary/aromatic N) is 2. The highest BCUT2D eigenvalue weighted by Crippen LogP contribution is 2.42. The Bertz CT molecular complexity index is 750. The third-order valence-electron chi connectivity index (χ3n) is 9.23. The Labute approximate surface area is 214 Å². The number of nitrogens with one attached hydrogen (secondary N) is 1. The molecule has 1 N–H and O–H groups in total. The summed E-state index contributed by atoms with van der Waals surface area (Å²) in [6.45, 7) is 4.42. The van der Waals surface area contributed by atoms with Crippen molar-refractivity contribution in [2.45, 2.75) is 101 Å². The quantitative estimate of drug-likeness (QED) is 0.479. The molecule has 196 valence electrons. The smallest absolute Gasteiger partial charge is 0.253 e. The molecule has 3 fully saturated rings. The minimum atomic E-state index is -0.347. The monoisotopic (exact) mass is 483 g/mol. The Morgan fingerprint density at radius 1 is 1.11 bits per heavy atom. The lowest BCUT2D eigenvalue weighted by Gasteiger charge is -2.47. The molecule has 5 heteroatoms. The first-order chi connectivity index (χ1) is 17.1. The SMILES string of the molecule is COC(C(=O)N(C)CCCC1CCC(CCc2ccccc2)(N2CCCC2)CC1)C1CCCCN1. The van der Waals surface area contributed by atoms with Gasteiger partial charge < -0.3 is 15.0 Å². The summed E-state index contributed by atoms with van der Waals surface area (Å²) in [6, 6.07) is 11.2. The summed E-state index contributed by atoms with van der Waals surface area (Å²) >= 11 is 0. The lowest BCUT2D eigenvalue weighted by Crippen LogP contribution is -2.52. The molecule has 2 saturated heterocycles. The van der Waals surface area contributed by atoms with Crippen LogP contribution in [0.3, 0.4) is 0 Å². The van der Waals surface area contributed by atoms with Crippen LogP contribution in [0.25, 0.3) is 0 Å². The summed E-state index contributed by atoms with van der Waals surface area (Å²) in [7, 11) is 3.64. The summed E-state index contributed by atoms with van der Waals surface area (Å²) in [5.74, 6) is 0.952. The van der Waals surface area contributed by atoms with E-state index < -0.39 is 0 Å². The number of likely N-dealkylation sites (N-methyl/N-ethyl adjacent to an activating group) is 1. The number of hydrogen-bond donors (Lipinski definition) is 1. The van der Waals surface area contributed by atoms with Gasteiger partial charge in [-0.15, -0.1) is 0 Å². The highest BCUT2D eigenvalue weighted by Gasteiger charge is 2.40. The Kier molecular flexibility index (Phi) is 10.1. The van der Waals surface area contributed by atoms with Crippen LogP contribution in [0.5, 0.6) is 0 Å². The number of hydrogen-bond acceptors (Lipinski definition) is 4. The van der Waals surface area contributed by atoms with E-state index in [0.29, 0.717) is 5.54 Å². The van der Waals surface area contributed by atoms with E-state index in [-0.39, 0.29) is 18.1 Å². The van der Waals surface area contributed by atoms with Gasteiger partial charge in [0.05, 0.1) is 0 Å². The molecule has 1 amide bonds. The van der Waals surface area contributed by atoms with Crippen LogP contribution in [0.4, 0.5) is 0 Å². The van der Waals surface area contributed by atoms with Gasteiger partial charge in [0.1, 0.15) is 0 Å². The third-order valence-corrected chi connectivity index (χ3v) is 9.23. The molecule has 2 unspecified atom stereocenters. The molecule has 1 saturated carbocycles. The van der Waals surface area contributed by atoms with Crippen LogP contribution in [0.1, 0.15) is 82.6 Å². The Hall–Kier alpha value is -1.43. The summed E-state index contributed by atoms with van der Waals surface area (Å²) < 4.78 is 5.64. The standard InChI is InChI=1S/C30H49N3O2/c1-32(29(34)28(35-2)27-14-6-7-21-31-27)22-10-13-26-16-19-30(20-17-26,33-23-8-9-24-33)18-15-25-11-4-3-5-12-25/h3-5,11-12,26-28,31H,6-10,13-24H2,1-2H3. The molecule has 4 rings (SSSR count). The normalized spacial score (nSPS) is 28.6. The van der Waals surface area contributed by atoms with Crippen molar-refractivity contribution in [2.75, 3.05) is 40.3 Å². The number of benzene rings is 1. The zero-order chi connectivity index (χ0) is 24.5. The van der Waals surface area contributed by atoms with Gasteiger partial charge in [-0.25, -0.2) is 0 Å². The Balaban J connectivity index is 1.23. The molecule has 0 radical (unpaired) electrons. The number of aryl methyl sites for hydroxylation is 1. The number of piperidine rings is 1. The molecule has 1 aromatic rings. The van der Waals surface area contributed by atoms with Gasteiger partial charge in [-0.3, -0.25) is 9.69 Å². The van der Waals surface area contributed by atoms with Crippen LogP contribution in [0.15, 0.2) is 30.3 Å². The molecular formula is C30H49N3O2. The third kappa shape index (κ3) is 7.08. The van der Waals surface area contributed by atoms with Crippen molar-refractivity contribution in [1.29, 1.82) is 0 Å². The maximum Gasteiger partial charge on any atom is 0.253 e. The van der Waals surface area contributed by atoms with Gasteiger partial charge in [-0.1, -0.05) is 36.8 Å². The van der Waals surface area contributed by atoms with Crippen molar-refractivity contribution in [1.82, 2.24) is 15.1 Å². The maximum absolute atomic E-state index is 13.0. The highest BCUT2D eigenvalue weighted by molar-refractivity contribution is 5.81. The van der Waals surface area contributed by atoms with E-state index in [0.717, 1.165) is 31.8 Å². The topological polar surface area (TPSA) is 44.8 Å². The molecule has 0 spiro atoms. The lowest BCUT2D eigenvalue weighted by molar-refractivity contribution is -0.142.